The molecular formula is C18H15FN2O3S. The van der Waals surface area contributed by atoms with Gasteiger partial charge < -0.3 is 4.74 Å². The topological polar surface area (TPSA) is 60.7 Å². The van der Waals surface area contributed by atoms with Gasteiger partial charge in [0.05, 0.1) is 11.3 Å². The molecule has 7 heteroatoms. The largest absolute Gasteiger partial charge is 0.487 e. The number of carbonyl (C=O) groups is 1. The molecule has 3 aromatic rings. The lowest BCUT2D eigenvalue weighted by atomic mass is 10.0. The lowest BCUT2D eigenvalue weighted by Crippen LogP contribution is -2.16. The second kappa shape index (κ2) is 5.77. The highest BCUT2D eigenvalue weighted by Crippen LogP contribution is 2.39. The van der Waals surface area contributed by atoms with Gasteiger partial charge in [-0.2, -0.15) is 0 Å². The molecular weight excluding hydrogens is 343 g/mol. The Kier molecular flexibility index (Phi) is 3.68. The molecule has 1 aromatic carbocycles. The molecule has 0 aliphatic heterocycles. The summed E-state index contributed by atoms with van der Waals surface area (Å²) in [6, 6.07) is 4.20. The van der Waals surface area contributed by atoms with Crippen LogP contribution in [0.1, 0.15) is 46.6 Å². The number of ether oxygens (including phenoxy) is 1. The van der Waals surface area contributed by atoms with Crippen molar-refractivity contribution in [3.63, 3.8) is 0 Å². The molecule has 5 nitrogen and oxygen atoms in total. The van der Waals surface area contributed by atoms with Crippen LogP contribution in [0.15, 0.2) is 28.4 Å². The second-order valence-corrected chi connectivity index (χ2v) is 7.07. The molecule has 2 heterocycles. The van der Waals surface area contributed by atoms with Crippen LogP contribution in [-0.4, -0.2) is 15.2 Å². The Balaban J connectivity index is 1.67. The molecule has 0 N–H and O–H groups in total. The number of aryl methyl sites for hydroxylation is 1. The lowest BCUT2D eigenvalue weighted by Gasteiger charge is -2.11. The molecule has 1 aliphatic carbocycles. The van der Waals surface area contributed by atoms with Crippen LogP contribution in [-0.2, 0) is 6.61 Å². The van der Waals surface area contributed by atoms with E-state index in [1.165, 1.54) is 33.9 Å². The van der Waals surface area contributed by atoms with E-state index in [2.05, 4.69) is 4.98 Å². The van der Waals surface area contributed by atoms with E-state index in [1.54, 1.807) is 0 Å². The summed E-state index contributed by atoms with van der Waals surface area (Å²) in [7, 11) is 0. The summed E-state index contributed by atoms with van der Waals surface area (Å²) in [4.78, 5) is 29.4. The van der Waals surface area contributed by atoms with Crippen molar-refractivity contribution in [2.75, 3.05) is 0 Å². The normalized spacial score (nSPS) is 16.4. The number of nitrogens with zero attached hydrogens (tertiary/aromatic N) is 2. The molecule has 2 aromatic heterocycles. The first kappa shape index (κ1) is 16.0. The summed E-state index contributed by atoms with van der Waals surface area (Å²) in [6.07, 6.45) is 0.284. The minimum absolute atomic E-state index is 0.0441. The number of Topliss-reactive ketones (excluding diaryl/α,β-unsaturated/α-hetero) is 1. The van der Waals surface area contributed by atoms with Gasteiger partial charge in [-0.1, -0.05) is 6.92 Å². The van der Waals surface area contributed by atoms with E-state index in [0.29, 0.717) is 27.5 Å². The van der Waals surface area contributed by atoms with E-state index in [1.807, 2.05) is 19.2 Å². The first-order valence-corrected chi connectivity index (χ1v) is 8.79. The number of thiazole rings is 1. The maximum absolute atomic E-state index is 14.0. The van der Waals surface area contributed by atoms with Crippen molar-refractivity contribution >= 4 is 22.1 Å². The predicted molar refractivity (Wildman–Crippen MR) is 92.2 cm³/mol. The van der Waals surface area contributed by atoms with Crippen LogP contribution in [0.5, 0.6) is 5.75 Å². The molecule has 0 spiro atoms. The van der Waals surface area contributed by atoms with Crippen LogP contribution < -0.4 is 10.3 Å². The van der Waals surface area contributed by atoms with Crippen LogP contribution >= 0.6 is 11.3 Å². The molecule has 1 unspecified atom stereocenters. The Hall–Kier alpha value is -2.54. The fourth-order valence-electron chi connectivity index (χ4n) is 3.27. The van der Waals surface area contributed by atoms with Gasteiger partial charge in [0, 0.05) is 29.1 Å². The first-order valence-electron chi connectivity index (χ1n) is 7.91. The maximum atomic E-state index is 14.0. The number of fused-ring (bicyclic) bond motifs is 2. The highest BCUT2D eigenvalue weighted by molar-refractivity contribution is 7.15. The van der Waals surface area contributed by atoms with Crippen molar-refractivity contribution in [3.8, 4) is 5.75 Å². The Morgan fingerprint density at radius 1 is 1.40 bits per heavy atom. The summed E-state index contributed by atoms with van der Waals surface area (Å²) in [5.74, 6) is -0.309. The van der Waals surface area contributed by atoms with E-state index >= 15 is 0 Å². The maximum Gasteiger partial charge on any atom is 0.259 e. The molecule has 0 radical (unpaired) electrons. The Morgan fingerprint density at radius 3 is 3.00 bits per heavy atom. The van der Waals surface area contributed by atoms with E-state index in [0.717, 1.165) is 5.69 Å². The molecule has 0 saturated carbocycles. The lowest BCUT2D eigenvalue weighted by molar-refractivity contribution is 0.0986. The summed E-state index contributed by atoms with van der Waals surface area (Å²) in [5, 5.41) is 1.86. The third-order valence-electron chi connectivity index (χ3n) is 4.42. The standard InChI is InChI=1S/C18H15FN2O3S/c1-9-5-13(22)17-14(4-3-12(19)16(9)17)24-7-11-6-15(23)21-10(2)8-25-18(21)20-11/h3-4,6,8-9H,5,7H2,1-2H3. The molecule has 1 atom stereocenters. The van der Waals surface area contributed by atoms with Crippen LogP contribution in [0.4, 0.5) is 4.39 Å². The van der Waals surface area contributed by atoms with Gasteiger partial charge >= 0.3 is 0 Å². The van der Waals surface area contributed by atoms with Crippen molar-refractivity contribution in [2.24, 2.45) is 0 Å². The predicted octanol–water partition coefficient (Wildman–Crippen LogP) is 3.47. The Labute approximate surface area is 146 Å². The minimum Gasteiger partial charge on any atom is -0.487 e. The highest BCUT2D eigenvalue weighted by Gasteiger charge is 2.32. The van der Waals surface area contributed by atoms with Crippen molar-refractivity contribution < 1.29 is 13.9 Å². The van der Waals surface area contributed by atoms with Gasteiger partial charge in [-0.25, -0.2) is 9.37 Å². The zero-order valence-electron chi connectivity index (χ0n) is 13.7. The Bertz CT molecular complexity index is 1070. The monoisotopic (exact) mass is 358 g/mol. The highest BCUT2D eigenvalue weighted by atomic mass is 32.1. The zero-order chi connectivity index (χ0) is 17.7. The summed E-state index contributed by atoms with van der Waals surface area (Å²) >= 11 is 1.38. The summed E-state index contributed by atoms with van der Waals surface area (Å²) < 4.78 is 21.3. The molecule has 25 heavy (non-hydrogen) atoms. The average Bonchev–Trinajstić information content (AvgIpc) is 3.08. The van der Waals surface area contributed by atoms with Crippen LogP contribution in [0.3, 0.4) is 0 Å². The van der Waals surface area contributed by atoms with E-state index in [-0.39, 0.29) is 36.1 Å². The average molecular weight is 358 g/mol. The molecule has 0 amide bonds. The van der Waals surface area contributed by atoms with Crippen molar-refractivity contribution in [1.29, 1.82) is 0 Å². The number of benzene rings is 1. The van der Waals surface area contributed by atoms with E-state index in [4.69, 9.17) is 4.74 Å². The molecule has 128 valence electrons. The number of ketones is 1. The van der Waals surface area contributed by atoms with Crippen LogP contribution in [0.25, 0.3) is 4.96 Å². The summed E-state index contributed by atoms with van der Waals surface area (Å²) in [6.45, 7) is 3.71. The number of hydrogen-bond acceptors (Lipinski definition) is 5. The van der Waals surface area contributed by atoms with Gasteiger partial charge in [-0.15, -0.1) is 11.3 Å². The van der Waals surface area contributed by atoms with Crippen molar-refractivity contribution in [2.45, 2.75) is 32.8 Å². The van der Waals surface area contributed by atoms with Crippen LogP contribution in [0, 0.1) is 12.7 Å². The van der Waals surface area contributed by atoms with Gasteiger partial charge in [0.2, 0.25) is 0 Å². The van der Waals surface area contributed by atoms with Crippen molar-refractivity contribution in [3.05, 3.63) is 62.3 Å². The molecule has 0 saturated heterocycles. The van der Waals surface area contributed by atoms with Crippen LogP contribution in [0.2, 0.25) is 0 Å². The molecule has 0 bridgehead atoms. The van der Waals surface area contributed by atoms with E-state index in [9.17, 15) is 14.0 Å². The quantitative estimate of drug-likeness (QED) is 0.719. The number of carbonyl (C=O) groups excluding carboxylic acids is 1. The zero-order valence-corrected chi connectivity index (χ0v) is 14.5. The summed E-state index contributed by atoms with van der Waals surface area (Å²) in [5.41, 5.74) is 1.87. The Morgan fingerprint density at radius 2 is 2.20 bits per heavy atom. The molecule has 1 aliphatic rings. The van der Waals surface area contributed by atoms with E-state index < -0.39 is 0 Å². The third kappa shape index (κ3) is 2.55. The second-order valence-electron chi connectivity index (χ2n) is 6.23. The van der Waals surface area contributed by atoms with Gasteiger partial charge in [-0.05, 0) is 25.0 Å². The molecule has 4 rings (SSSR count). The van der Waals surface area contributed by atoms with Gasteiger partial charge in [0.15, 0.2) is 10.7 Å². The fraction of sp³-hybridized carbons (Fsp3) is 0.278. The number of hydrogen-bond donors (Lipinski definition) is 0. The first-order chi connectivity index (χ1) is 12.0. The number of halogens is 1. The minimum atomic E-state index is -0.382. The van der Waals surface area contributed by atoms with Gasteiger partial charge in [0.1, 0.15) is 18.2 Å². The molecule has 0 fully saturated rings. The van der Waals surface area contributed by atoms with Gasteiger partial charge in [-0.3, -0.25) is 14.0 Å². The third-order valence-corrected chi connectivity index (χ3v) is 5.37. The smallest absolute Gasteiger partial charge is 0.259 e. The fourth-order valence-corrected chi connectivity index (χ4v) is 4.16. The number of aromatic nitrogens is 2. The van der Waals surface area contributed by atoms with Gasteiger partial charge in [0.25, 0.3) is 5.56 Å². The number of rotatable bonds is 3. The SMILES string of the molecule is Cc1csc2nc(COc3ccc(F)c4c3C(=O)CC4C)cc(=O)n12. The van der Waals surface area contributed by atoms with Crippen molar-refractivity contribution in [1.82, 2.24) is 9.38 Å².